The molecule has 3 aromatic rings. The second-order valence-corrected chi connectivity index (χ2v) is 8.38. The van der Waals surface area contributed by atoms with Crippen LogP contribution >= 0.6 is 0 Å². The third kappa shape index (κ3) is 5.59. The summed E-state index contributed by atoms with van der Waals surface area (Å²) in [4.78, 5) is 19.5. The molecule has 3 aromatic carbocycles. The topological polar surface area (TPSA) is 53.9 Å². The van der Waals surface area contributed by atoms with E-state index in [2.05, 4.69) is 5.32 Å². The molecule has 36 heavy (non-hydrogen) atoms. The SMILES string of the molecule is COC(=O)C1=C(C)N(Cc2ccc(C(F)(F)F)cc2)C(=NCc2ccccc2)NC1c1ccccc1. The van der Waals surface area contributed by atoms with Crippen molar-refractivity contribution in [2.75, 3.05) is 7.11 Å². The first-order chi connectivity index (χ1) is 17.3. The highest BCUT2D eigenvalue weighted by Gasteiger charge is 2.35. The van der Waals surface area contributed by atoms with Crippen LogP contribution in [0.2, 0.25) is 0 Å². The van der Waals surface area contributed by atoms with E-state index in [1.165, 1.54) is 19.2 Å². The average Bonchev–Trinajstić information content (AvgIpc) is 2.89. The average molecular weight is 494 g/mol. The quantitative estimate of drug-likeness (QED) is 0.438. The molecule has 0 radical (unpaired) electrons. The summed E-state index contributed by atoms with van der Waals surface area (Å²) in [6.45, 7) is 2.40. The number of hydrogen-bond acceptors (Lipinski definition) is 3. The number of ether oxygens (including phenoxy) is 1. The highest BCUT2D eigenvalue weighted by molar-refractivity contribution is 5.96. The molecule has 1 aliphatic heterocycles. The Morgan fingerprint density at radius 1 is 0.944 bits per heavy atom. The van der Waals surface area contributed by atoms with Gasteiger partial charge in [-0.25, -0.2) is 9.79 Å². The molecule has 0 saturated carbocycles. The van der Waals surface area contributed by atoms with Gasteiger partial charge in [0, 0.05) is 5.70 Å². The van der Waals surface area contributed by atoms with E-state index < -0.39 is 23.8 Å². The number of carbonyl (C=O) groups excluding carboxylic acids is 1. The molecule has 186 valence electrons. The molecule has 1 unspecified atom stereocenters. The zero-order chi connectivity index (χ0) is 25.7. The standard InChI is InChI=1S/C28H26F3N3O2/c1-19-24(26(35)36-2)25(22-11-7-4-8-12-22)33-27(32-17-20-9-5-3-6-10-20)34(19)18-21-13-15-23(16-14-21)28(29,30)31/h3-16,25H,17-18H2,1-2H3,(H,32,33). The van der Waals surface area contributed by atoms with Crippen molar-refractivity contribution in [3.63, 3.8) is 0 Å². The number of esters is 1. The van der Waals surface area contributed by atoms with Crippen molar-refractivity contribution in [2.45, 2.75) is 32.2 Å². The molecule has 1 N–H and O–H groups in total. The Balaban J connectivity index is 1.76. The third-order valence-corrected chi connectivity index (χ3v) is 6.03. The van der Waals surface area contributed by atoms with Gasteiger partial charge in [-0.2, -0.15) is 13.2 Å². The number of methoxy groups -OCH3 is 1. The highest BCUT2D eigenvalue weighted by atomic mass is 19.4. The van der Waals surface area contributed by atoms with Crippen LogP contribution in [0, 0.1) is 0 Å². The van der Waals surface area contributed by atoms with Gasteiger partial charge in [0.15, 0.2) is 5.96 Å². The second kappa shape index (κ2) is 10.7. The summed E-state index contributed by atoms with van der Waals surface area (Å²) in [6.07, 6.45) is -4.41. The molecule has 0 bridgehead atoms. The van der Waals surface area contributed by atoms with E-state index in [4.69, 9.17) is 9.73 Å². The highest BCUT2D eigenvalue weighted by Crippen LogP contribution is 2.33. The first-order valence-corrected chi connectivity index (χ1v) is 11.4. The maximum Gasteiger partial charge on any atom is 0.416 e. The number of carbonyl (C=O) groups is 1. The number of hydrogen-bond donors (Lipinski definition) is 1. The molecule has 0 saturated heterocycles. The number of alkyl halides is 3. The van der Waals surface area contributed by atoms with Gasteiger partial charge in [0.2, 0.25) is 0 Å². The summed E-state index contributed by atoms with van der Waals surface area (Å²) >= 11 is 0. The normalized spacial score (nSPS) is 17.2. The summed E-state index contributed by atoms with van der Waals surface area (Å²) in [6, 6.07) is 23.7. The van der Waals surface area contributed by atoms with Crippen molar-refractivity contribution in [1.82, 2.24) is 10.2 Å². The van der Waals surface area contributed by atoms with E-state index in [0.717, 1.165) is 23.3 Å². The first-order valence-electron chi connectivity index (χ1n) is 11.4. The Labute approximate surface area is 207 Å². The first kappa shape index (κ1) is 25.0. The molecule has 0 amide bonds. The lowest BCUT2D eigenvalue weighted by molar-refractivity contribution is -0.138. The van der Waals surface area contributed by atoms with E-state index in [1.807, 2.05) is 60.7 Å². The zero-order valence-electron chi connectivity index (χ0n) is 19.9. The van der Waals surface area contributed by atoms with Gasteiger partial charge >= 0.3 is 12.1 Å². The Morgan fingerprint density at radius 3 is 2.14 bits per heavy atom. The number of guanidine groups is 1. The summed E-state index contributed by atoms with van der Waals surface area (Å²) in [5.41, 5.74) is 2.80. The van der Waals surface area contributed by atoms with Crippen LogP contribution < -0.4 is 5.32 Å². The lowest BCUT2D eigenvalue weighted by Crippen LogP contribution is -2.48. The molecule has 1 atom stereocenters. The van der Waals surface area contributed by atoms with Crippen molar-refractivity contribution < 1.29 is 22.7 Å². The minimum Gasteiger partial charge on any atom is -0.466 e. The van der Waals surface area contributed by atoms with E-state index in [1.54, 1.807) is 11.8 Å². The summed E-state index contributed by atoms with van der Waals surface area (Å²) in [5.74, 6) is 0.0196. The van der Waals surface area contributed by atoms with Gasteiger partial charge in [-0.3, -0.25) is 0 Å². The lowest BCUT2D eigenvalue weighted by atomic mass is 9.94. The Morgan fingerprint density at radius 2 is 1.56 bits per heavy atom. The smallest absolute Gasteiger partial charge is 0.416 e. The number of aliphatic imine (C=N–C) groups is 1. The van der Waals surface area contributed by atoms with Crippen molar-refractivity contribution >= 4 is 11.9 Å². The summed E-state index contributed by atoms with van der Waals surface area (Å²) < 4.78 is 44.2. The van der Waals surface area contributed by atoms with Gasteiger partial charge in [-0.15, -0.1) is 0 Å². The fraction of sp³-hybridized carbons (Fsp3) is 0.214. The van der Waals surface area contributed by atoms with Crippen LogP contribution in [0.1, 0.15) is 35.2 Å². The van der Waals surface area contributed by atoms with Gasteiger partial charge in [-0.1, -0.05) is 72.8 Å². The van der Waals surface area contributed by atoms with Crippen molar-refractivity contribution in [2.24, 2.45) is 4.99 Å². The predicted octanol–water partition coefficient (Wildman–Crippen LogP) is 5.86. The molecule has 1 aliphatic rings. The van der Waals surface area contributed by atoms with Crippen LogP contribution in [-0.4, -0.2) is 23.9 Å². The van der Waals surface area contributed by atoms with Gasteiger partial charge in [0.05, 0.1) is 37.4 Å². The Hall–Kier alpha value is -4.07. The van der Waals surface area contributed by atoms with Crippen LogP contribution in [0.3, 0.4) is 0 Å². The van der Waals surface area contributed by atoms with Crippen LogP contribution in [0.25, 0.3) is 0 Å². The van der Waals surface area contributed by atoms with Crippen LogP contribution in [0.15, 0.2) is 101 Å². The van der Waals surface area contributed by atoms with Crippen LogP contribution in [0.5, 0.6) is 0 Å². The van der Waals surface area contributed by atoms with Crippen LogP contribution in [-0.2, 0) is 28.8 Å². The molecular weight excluding hydrogens is 467 g/mol. The number of benzene rings is 3. The molecule has 1 heterocycles. The molecule has 5 nitrogen and oxygen atoms in total. The van der Waals surface area contributed by atoms with Crippen LogP contribution in [0.4, 0.5) is 13.2 Å². The zero-order valence-corrected chi connectivity index (χ0v) is 19.9. The van der Waals surface area contributed by atoms with Gasteiger partial charge < -0.3 is 15.0 Å². The molecule has 0 aliphatic carbocycles. The molecule has 4 rings (SSSR count). The lowest BCUT2D eigenvalue weighted by Gasteiger charge is -2.38. The monoisotopic (exact) mass is 493 g/mol. The number of rotatable bonds is 6. The minimum atomic E-state index is -4.41. The van der Waals surface area contributed by atoms with E-state index in [9.17, 15) is 18.0 Å². The maximum absolute atomic E-state index is 13.0. The predicted molar refractivity (Wildman–Crippen MR) is 132 cm³/mol. The van der Waals surface area contributed by atoms with Crippen molar-refractivity contribution in [3.05, 3.63) is 118 Å². The van der Waals surface area contributed by atoms with Gasteiger partial charge in [0.25, 0.3) is 0 Å². The maximum atomic E-state index is 13.0. The van der Waals surface area contributed by atoms with E-state index >= 15 is 0 Å². The summed E-state index contributed by atoms with van der Waals surface area (Å²) in [5, 5.41) is 3.38. The fourth-order valence-electron chi connectivity index (χ4n) is 4.12. The number of halogens is 3. The molecular formula is C28H26F3N3O2. The molecule has 0 fully saturated rings. The Kier molecular flexibility index (Phi) is 7.43. The van der Waals surface area contributed by atoms with Gasteiger partial charge in [-0.05, 0) is 35.7 Å². The second-order valence-electron chi connectivity index (χ2n) is 8.38. The minimum absolute atomic E-state index is 0.215. The number of nitrogens with one attached hydrogen (secondary N) is 1. The van der Waals surface area contributed by atoms with Crippen molar-refractivity contribution in [1.29, 1.82) is 0 Å². The molecule has 0 aromatic heterocycles. The van der Waals surface area contributed by atoms with E-state index in [0.29, 0.717) is 29.3 Å². The van der Waals surface area contributed by atoms with Gasteiger partial charge in [0.1, 0.15) is 0 Å². The van der Waals surface area contributed by atoms with Crippen molar-refractivity contribution in [3.8, 4) is 0 Å². The number of allylic oxidation sites excluding steroid dienone is 1. The molecule has 0 spiro atoms. The van der Waals surface area contributed by atoms with E-state index in [-0.39, 0.29) is 6.54 Å². The fourth-order valence-corrected chi connectivity index (χ4v) is 4.12. The third-order valence-electron chi connectivity index (χ3n) is 6.03. The summed E-state index contributed by atoms with van der Waals surface area (Å²) in [7, 11) is 1.32. The Bertz CT molecular complexity index is 1250. The number of nitrogens with zero attached hydrogens (tertiary/aromatic N) is 2. The molecule has 8 heteroatoms. The largest absolute Gasteiger partial charge is 0.466 e.